The van der Waals surface area contributed by atoms with Crippen LogP contribution in [0.1, 0.15) is 114 Å². The minimum absolute atomic E-state index is 0. The van der Waals surface area contributed by atoms with Crippen LogP contribution in [0, 0.1) is 23.7 Å². The van der Waals surface area contributed by atoms with Crippen LogP contribution < -0.4 is 0 Å². The Hall–Kier alpha value is -2.30. The van der Waals surface area contributed by atoms with Gasteiger partial charge in [0.2, 0.25) is 0 Å². The molecule has 0 aromatic carbocycles. The third-order valence-electron chi connectivity index (χ3n) is 18.2. The molecule has 8 heterocycles. The van der Waals surface area contributed by atoms with Crippen molar-refractivity contribution in [2.45, 2.75) is 248 Å². The van der Waals surface area contributed by atoms with Gasteiger partial charge in [0.05, 0.1) is 55.9 Å². The molecule has 6 fully saturated rings. The van der Waals surface area contributed by atoms with Gasteiger partial charge in [-0.3, -0.25) is 4.79 Å². The van der Waals surface area contributed by atoms with Gasteiger partial charge in [0, 0.05) is 58.3 Å². The number of halogens is 1. The van der Waals surface area contributed by atoms with Crippen LogP contribution in [0.3, 0.4) is 0 Å². The molecule has 0 radical (unpaired) electrons. The molecule has 0 saturated carbocycles. The molecule has 21 nitrogen and oxygen atoms in total. The summed E-state index contributed by atoms with van der Waals surface area (Å²) in [6, 6.07) is 0. The van der Waals surface area contributed by atoms with E-state index in [4.69, 9.17) is 71.4 Å². The number of ether oxygens (including phenoxy) is 14. The monoisotopic (exact) mass is 1210 g/mol. The van der Waals surface area contributed by atoms with Crippen molar-refractivity contribution in [3.8, 4) is 0 Å². The van der Waals surface area contributed by atoms with E-state index in [-0.39, 0.29) is 67.8 Å². The van der Waals surface area contributed by atoms with E-state index in [0.717, 1.165) is 25.0 Å². The van der Waals surface area contributed by atoms with Crippen molar-refractivity contribution in [1.82, 2.24) is 4.90 Å². The first-order chi connectivity index (χ1) is 39.3. The highest BCUT2D eigenvalue weighted by Gasteiger charge is 2.61. The summed E-state index contributed by atoms with van der Waals surface area (Å²) >= 11 is 0. The van der Waals surface area contributed by atoms with Crippen LogP contribution >= 0.6 is 12.4 Å². The predicted octanol–water partition coefficient (Wildman–Crippen LogP) is 5.35. The highest BCUT2D eigenvalue weighted by molar-refractivity contribution is 5.85. The molecule has 0 aromatic heterocycles. The van der Waals surface area contributed by atoms with E-state index in [0.29, 0.717) is 49.9 Å². The highest BCUT2D eigenvalue weighted by atomic mass is 35.5. The number of carbonyl (C=O) groups excluding carboxylic acids is 1. The van der Waals surface area contributed by atoms with Crippen LogP contribution in [0.5, 0.6) is 0 Å². The normalized spacial score (nSPS) is 43.7. The summed E-state index contributed by atoms with van der Waals surface area (Å²) in [6.07, 6.45) is 6.38. The number of rotatable bonds is 15. The third kappa shape index (κ3) is 15.6. The topological polar surface area (TPSA) is 251 Å². The minimum Gasteiger partial charge on any atom is -0.462 e. The zero-order valence-corrected chi connectivity index (χ0v) is 52.6. The van der Waals surface area contributed by atoms with E-state index in [2.05, 4.69) is 44.7 Å². The number of esters is 1. The molecule has 5 N–H and O–H groups in total. The number of hydrogen-bond acceptors (Lipinski definition) is 21. The van der Waals surface area contributed by atoms with Crippen LogP contribution in [0.2, 0.25) is 0 Å². The van der Waals surface area contributed by atoms with Gasteiger partial charge in [-0.05, 0) is 104 Å². The fourth-order valence-electron chi connectivity index (χ4n) is 13.3. The summed E-state index contributed by atoms with van der Waals surface area (Å²) in [4.78, 5) is 16.4. The average Bonchev–Trinajstić information content (AvgIpc) is 2.21. The fourth-order valence-corrected chi connectivity index (χ4v) is 13.3. The van der Waals surface area contributed by atoms with E-state index in [1.807, 2.05) is 60.0 Å². The van der Waals surface area contributed by atoms with Gasteiger partial charge in [-0.1, -0.05) is 70.6 Å². The van der Waals surface area contributed by atoms with E-state index < -0.39 is 121 Å². The van der Waals surface area contributed by atoms with E-state index in [1.165, 1.54) is 0 Å². The Kier molecular flexibility index (Phi) is 24.3. The van der Waals surface area contributed by atoms with Crippen molar-refractivity contribution >= 4 is 18.4 Å². The molecule has 25 atom stereocenters. The number of aliphatic hydroxyl groups excluding tert-OH is 4. The second-order valence-electron chi connectivity index (χ2n) is 25.3. The molecule has 2 bridgehead atoms. The van der Waals surface area contributed by atoms with Crippen molar-refractivity contribution in [1.29, 1.82) is 0 Å². The van der Waals surface area contributed by atoms with Gasteiger partial charge in [-0.15, -0.1) is 12.4 Å². The van der Waals surface area contributed by atoms with Gasteiger partial charge >= 0.3 is 5.97 Å². The quantitative estimate of drug-likeness (QED) is 0.0787. The Morgan fingerprint density at radius 3 is 2.24 bits per heavy atom. The summed E-state index contributed by atoms with van der Waals surface area (Å²) in [5.74, 6) is -3.29. The Labute approximate surface area is 503 Å². The van der Waals surface area contributed by atoms with E-state index in [9.17, 15) is 25.2 Å². The summed E-state index contributed by atoms with van der Waals surface area (Å²) < 4.78 is 86.7. The maximum atomic E-state index is 14.3. The number of aliphatic hydroxyl groups is 5. The average molecular weight is 1210 g/mol. The molecule has 25 unspecified atom stereocenters. The second-order valence-corrected chi connectivity index (χ2v) is 25.3. The lowest BCUT2D eigenvalue weighted by atomic mass is 9.71. The molecule has 84 heavy (non-hydrogen) atoms. The number of allylic oxidation sites excluding steroid dienone is 2. The molecule has 6 saturated heterocycles. The van der Waals surface area contributed by atoms with Crippen molar-refractivity contribution in [3.63, 3.8) is 0 Å². The smallest absolute Gasteiger partial charge is 0.316 e. The van der Waals surface area contributed by atoms with Gasteiger partial charge in [-0.2, -0.15) is 0 Å². The van der Waals surface area contributed by atoms with Crippen LogP contribution in [-0.2, 0) is 71.1 Å². The molecule has 1 spiro atoms. The first kappa shape index (κ1) is 69.2. The third-order valence-corrected chi connectivity index (χ3v) is 18.2. The lowest BCUT2D eigenvalue weighted by Gasteiger charge is -2.48. The number of methoxy groups -OCH3 is 2. The number of nitrogens with zero attached hydrogens (tertiary/aromatic N) is 1. The van der Waals surface area contributed by atoms with E-state index in [1.54, 1.807) is 40.2 Å². The molecule has 22 heteroatoms. The number of hydrogen-bond donors (Lipinski definition) is 5. The lowest BCUT2D eigenvalue weighted by Crippen LogP contribution is -2.58. The van der Waals surface area contributed by atoms with Gasteiger partial charge in [0.1, 0.15) is 66.5 Å². The summed E-state index contributed by atoms with van der Waals surface area (Å²) in [7, 11) is 7.23. The fraction of sp³-hybridized carbons (Fsp3) is 0.823. The molecule has 8 aliphatic heterocycles. The Bertz CT molecular complexity index is 2300. The molecule has 480 valence electrons. The summed E-state index contributed by atoms with van der Waals surface area (Å²) in [5, 5.41) is 53.3. The summed E-state index contributed by atoms with van der Waals surface area (Å²) in [6.45, 7) is 20.8. The zero-order valence-electron chi connectivity index (χ0n) is 51.8. The number of carbonyl (C=O) groups is 1. The first-order valence-corrected chi connectivity index (χ1v) is 30.3. The molecule has 0 aromatic rings. The number of fused-ring (bicyclic) bond motifs is 3. The van der Waals surface area contributed by atoms with E-state index >= 15 is 0 Å². The molecule has 9 aliphatic rings. The van der Waals surface area contributed by atoms with Crippen molar-refractivity contribution in [3.05, 3.63) is 59.3 Å². The second kappa shape index (κ2) is 29.6. The van der Waals surface area contributed by atoms with Crippen LogP contribution in [0.4, 0.5) is 0 Å². The van der Waals surface area contributed by atoms with Crippen molar-refractivity contribution in [2.24, 2.45) is 23.7 Å². The maximum Gasteiger partial charge on any atom is 0.316 e. The van der Waals surface area contributed by atoms with Gasteiger partial charge < -0.3 is 96.7 Å². The predicted molar refractivity (Wildman–Crippen MR) is 309 cm³/mol. The highest BCUT2D eigenvalue weighted by Crippen LogP contribution is 2.48. The molecular weight excluding hydrogens is 1110 g/mol. The SMILES string of the molecule is CCC(C)C1OC2(C=CC1C)CC1CC(CC=C(C)C(OC3CC(OC)C(OC4CC(OC)C(O)C(C)O4)C(C)O3)C(C)C=CC=C3COC4C(O)C(C)=CC(C(=O)O1)C34O)O2.CN(C)CCCOC1C(C(O)CO)OC2OC(C)(C)OC21.Cl. The minimum atomic E-state index is -1.84. The first-order valence-electron chi connectivity index (χ1n) is 30.3. The Morgan fingerprint density at radius 2 is 1.55 bits per heavy atom. The van der Waals surface area contributed by atoms with Gasteiger partial charge in [0.25, 0.3) is 0 Å². The van der Waals surface area contributed by atoms with Crippen LogP contribution in [0.15, 0.2) is 59.3 Å². The largest absolute Gasteiger partial charge is 0.462 e. The van der Waals surface area contributed by atoms with Crippen molar-refractivity contribution < 1.29 is 96.6 Å². The zero-order chi connectivity index (χ0) is 60.3. The van der Waals surface area contributed by atoms with Gasteiger partial charge in [-0.25, -0.2) is 0 Å². The molecular formula is C62H100ClNO20. The Balaban J connectivity index is 0.000000387. The van der Waals surface area contributed by atoms with Crippen molar-refractivity contribution in [2.75, 3.05) is 54.7 Å². The molecule has 0 amide bonds. The Morgan fingerprint density at radius 1 is 0.845 bits per heavy atom. The maximum absolute atomic E-state index is 14.3. The standard InChI is InChI=1S/C48H72O14.C14H27NO6.ClH/c1-11-25(2)43-28(5)17-18-47(62-43)23-34-20-33(61-47)16-15-27(4)42(26(3)13-12-14-32-24-55-45-40(49)29(6)19-35(46(51)58-34)48(32,45)52)59-39-22-37(54-10)44(31(8)57-39)60-38-21-36(53-9)41(50)30(7)56-38;1-14(2)20-12-11(18-7-5-6-15(3)4)10(9(17)8-16)19-13(12)21-14;/h12-15,17-19,25-26,28,30-31,33-45,49-50,52H,11,16,20-24H2,1-10H3;9-13,16-17H,5-8H2,1-4H3;1H. The lowest BCUT2D eigenvalue weighted by molar-refractivity contribution is -0.318. The molecule has 9 rings (SSSR count). The molecule has 1 aliphatic carbocycles. The van der Waals surface area contributed by atoms with Gasteiger partial charge in [0.15, 0.2) is 30.4 Å². The van der Waals surface area contributed by atoms with Crippen LogP contribution in [0.25, 0.3) is 0 Å². The van der Waals surface area contributed by atoms with Crippen LogP contribution in [-0.4, -0.2) is 225 Å². The summed E-state index contributed by atoms with van der Waals surface area (Å²) in [5.41, 5.74) is 0.134.